The van der Waals surface area contributed by atoms with E-state index in [1.54, 1.807) is 0 Å². The molecule has 94 valence electrons. The maximum Gasteiger partial charge on any atom is 0.328 e. The van der Waals surface area contributed by atoms with Gasteiger partial charge in [0.25, 0.3) is 0 Å². The third-order valence-corrected chi connectivity index (χ3v) is 1.92. The summed E-state index contributed by atoms with van der Waals surface area (Å²) in [5.74, 6) is -1.89. The zero-order chi connectivity index (χ0) is 12.8. The summed E-state index contributed by atoms with van der Waals surface area (Å²) in [5, 5.41) is 26.7. The predicted octanol–water partition coefficient (Wildman–Crippen LogP) is -2.70. The van der Waals surface area contributed by atoms with Gasteiger partial charge in [-0.3, -0.25) is 4.79 Å². The highest BCUT2D eigenvalue weighted by Gasteiger charge is 2.18. The average molecular weight is 243 g/mol. The van der Waals surface area contributed by atoms with Crippen LogP contribution in [0.2, 0.25) is 0 Å². The van der Waals surface area contributed by atoms with Gasteiger partial charge in [0.05, 0.1) is 18.5 Å². The zero-order valence-electron chi connectivity index (χ0n) is 8.91. The van der Waals surface area contributed by atoms with Gasteiger partial charge in [-0.15, -0.1) is 5.10 Å². The van der Waals surface area contributed by atoms with Crippen LogP contribution in [-0.2, 0) is 22.7 Å². The van der Waals surface area contributed by atoms with Crippen molar-refractivity contribution in [1.29, 1.82) is 0 Å². The number of rotatable bonds is 6. The zero-order valence-corrected chi connectivity index (χ0v) is 8.91. The summed E-state index contributed by atoms with van der Waals surface area (Å²) in [7, 11) is 0. The fourth-order valence-corrected chi connectivity index (χ4v) is 1.08. The van der Waals surface area contributed by atoms with Gasteiger partial charge in [-0.25, -0.2) is 9.48 Å². The summed E-state index contributed by atoms with van der Waals surface area (Å²) in [4.78, 5) is 21.9. The van der Waals surface area contributed by atoms with Gasteiger partial charge in [0.2, 0.25) is 5.91 Å². The maximum absolute atomic E-state index is 11.4. The minimum atomic E-state index is -1.32. The molecule has 0 saturated heterocycles. The van der Waals surface area contributed by atoms with E-state index < -0.39 is 24.5 Å². The van der Waals surface area contributed by atoms with E-state index in [1.807, 2.05) is 0 Å². The number of nitrogens with one attached hydrogen (secondary N) is 1. The van der Waals surface area contributed by atoms with Crippen LogP contribution in [-0.4, -0.2) is 49.7 Å². The van der Waals surface area contributed by atoms with Gasteiger partial charge < -0.3 is 21.3 Å². The van der Waals surface area contributed by atoms with Gasteiger partial charge in [0.1, 0.15) is 12.6 Å². The molecule has 1 amide bonds. The Kier molecular flexibility index (Phi) is 4.55. The molecule has 5 N–H and O–H groups in total. The lowest BCUT2D eigenvalue weighted by molar-refractivity contribution is -0.143. The van der Waals surface area contributed by atoms with Crippen molar-refractivity contribution >= 4 is 11.9 Å². The summed E-state index contributed by atoms with van der Waals surface area (Å²) < 4.78 is 1.23. The number of aliphatic hydroxyl groups is 1. The van der Waals surface area contributed by atoms with Crippen LogP contribution in [0.4, 0.5) is 0 Å². The van der Waals surface area contributed by atoms with Crippen molar-refractivity contribution in [2.45, 2.75) is 19.1 Å². The van der Waals surface area contributed by atoms with E-state index in [2.05, 4.69) is 15.6 Å². The highest BCUT2D eigenvalue weighted by molar-refractivity contribution is 5.83. The first-order valence-electron chi connectivity index (χ1n) is 4.79. The molecule has 1 aromatic rings. The molecule has 0 fully saturated rings. The smallest absolute Gasteiger partial charge is 0.328 e. The van der Waals surface area contributed by atoms with Crippen molar-refractivity contribution in [3.63, 3.8) is 0 Å². The number of carboxylic acids is 1. The number of nitrogens with two attached hydrogens (primary N) is 1. The van der Waals surface area contributed by atoms with Crippen LogP contribution < -0.4 is 11.1 Å². The Morgan fingerprint density at radius 1 is 1.59 bits per heavy atom. The molecule has 1 aromatic heterocycles. The SMILES string of the molecule is NCc1cn(CC(=O)N[C@H](CO)C(=O)O)nn1. The first-order valence-corrected chi connectivity index (χ1v) is 4.79. The summed E-state index contributed by atoms with van der Waals surface area (Å²) in [5.41, 5.74) is 5.83. The number of carbonyl (C=O) groups excluding carboxylic acids is 1. The number of aromatic nitrogens is 3. The van der Waals surface area contributed by atoms with Crippen molar-refractivity contribution in [2.24, 2.45) is 5.73 Å². The quantitative estimate of drug-likeness (QED) is 0.425. The molecular formula is C8H13N5O4. The number of aliphatic carboxylic acids is 1. The summed E-state index contributed by atoms with van der Waals surface area (Å²) in [6, 6.07) is -1.32. The molecule has 1 atom stereocenters. The second-order valence-electron chi connectivity index (χ2n) is 3.25. The number of nitrogens with zero attached hydrogens (tertiary/aromatic N) is 3. The molecule has 0 spiro atoms. The fraction of sp³-hybridized carbons (Fsp3) is 0.500. The fourth-order valence-electron chi connectivity index (χ4n) is 1.08. The van der Waals surface area contributed by atoms with Crippen LogP contribution in [0.1, 0.15) is 5.69 Å². The van der Waals surface area contributed by atoms with Crippen molar-refractivity contribution in [1.82, 2.24) is 20.3 Å². The van der Waals surface area contributed by atoms with Gasteiger partial charge in [0, 0.05) is 6.54 Å². The Labute approximate surface area is 96.2 Å². The monoisotopic (exact) mass is 243 g/mol. The topological polar surface area (TPSA) is 143 Å². The molecule has 0 saturated carbocycles. The molecule has 0 aliphatic rings. The van der Waals surface area contributed by atoms with Crippen molar-refractivity contribution < 1.29 is 19.8 Å². The lowest BCUT2D eigenvalue weighted by Crippen LogP contribution is -2.44. The lowest BCUT2D eigenvalue weighted by atomic mass is 10.3. The second-order valence-corrected chi connectivity index (χ2v) is 3.25. The van der Waals surface area contributed by atoms with E-state index in [4.69, 9.17) is 15.9 Å². The normalized spacial score (nSPS) is 12.1. The number of amides is 1. The van der Waals surface area contributed by atoms with Gasteiger partial charge in [-0.05, 0) is 0 Å². The molecule has 1 rings (SSSR count). The third-order valence-electron chi connectivity index (χ3n) is 1.92. The minimum Gasteiger partial charge on any atom is -0.480 e. The molecule has 0 radical (unpaired) electrons. The van der Waals surface area contributed by atoms with Crippen molar-refractivity contribution in [3.05, 3.63) is 11.9 Å². The maximum atomic E-state index is 11.4. The first-order chi connectivity index (χ1) is 8.06. The average Bonchev–Trinajstić information content (AvgIpc) is 2.73. The largest absolute Gasteiger partial charge is 0.480 e. The molecule has 0 unspecified atom stereocenters. The molecule has 0 aliphatic carbocycles. The van der Waals surface area contributed by atoms with Gasteiger partial charge in [0.15, 0.2) is 0 Å². The Bertz CT molecular complexity index is 404. The summed E-state index contributed by atoms with van der Waals surface area (Å²) >= 11 is 0. The number of hydrogen-bond acceptors (Lipinski definition) is 6. The Balaban J connectivity index is 2.51. The highest BCUT2D eigenvalue weighted by Crippen LogP contribution is 1.91. The van der Waals surface area contributed by atoms with E-state index in [0.717, 1.165) is 0 Å². The number of aliphatic hydroxyl groups excluding tert-OH is 1. The molecule has 0 aromatic carbocycles. The van der Waals surface area contributed by atoms with Crippen LogP contribution in [0.5, 0.6) is 0 Å². The van der Waals surface area contributed by atoms with E-state index in [-0.39, 0.29) is 13.1 Å². The van der Waals surface area contributed by atoms with Gasteiger partial charge in [-0.2, -0.15) is 0 Å². The van der Waals surface area contributed by atoms with Crippen molar-refractivity contribution in [3.8, 4) is 0 Å². The molecule has 1 heterocycles. The highest BCUT2D eigenvalue weighted by atomic mass is 16.4. The van der Waals surface area contributed by atoms with E-state index in [1.165, 1.54) is 10.9 Å². The van der Waals surface area contributed by atoms with Gasteiger partial charge in [-0.1, -0.05) is 5.21 Å². The molecule has 0 aliphatic heterocycles. The Hall–Kier alpha value is -2.00. The van der Waals surface area contributed by atoms with Gasteiger partial charge >= 0.3 is 5.97 Å². The van der Waals surface area contributed by atoms with Crippen LogP contribution >= 0.6 is 0 Å². The Morgan fingerprint density at radius 3 is 2.76 bits per heavy atom. The summed E-state index contributed by atoms with van der Waals surface area (Å²) in [6.07, 6.45) is 1.48. The second kappa shape index (κ2) is 5.92. The Morgan fingerprint density at radius 2 is 2.29 bits per heavy atom. The molecule has 9 nitrogen and oxygen atoms in total. The number of hydrogen-bond donors (Lipinski definition) is 4. The summed E-state index contributed by atoms with van der Waals surface area (Å²) in [6.45, 7) is -0.654. The lowest BCUT2D eigenvalue weighted by Gasteiger charge is -2.10. The van der Waals surface area contributed by atoms with E-state index >= 15 is 0 Å². The molecular weight excluding hydrogens is 230 g/mol. The van der Waals surface area contributed by atoms with E-state index in [9.17, 15) is 9.59 Å². The molecule has 17 heavy (non-hydrogen) atoms. The standard InChI is InChI=1S/C8H13N5O4/c9-1-5-2-13(12-11-5)3-7(15)10-6(4-14)8(16)17/h2,6,14H,1,3-4,9H2,(H,10,15)(H,16,17)/t6-/m1/s1. The van der Waals surface area contributed by atoms with Crippen LogP contribution in [0.15, 0.2) is 6.20 Å². The predicted molar refractivity (Wildman–Crippen MR) is 54.6 cm³/mol. The number of carboxylic acid groups (broad SMARTS) is 1. The molecule has 0 bridgehead atoms. The van der Waals surface area contributed by atoms with Crippen LogP contribution in [0.25, 0.3) is 0 Å². The van der Waals surface area contributed by atoms with Crippen LogP contribution in [0, 0.1) is 0 Å². The number of carbonyl (C=O) groups is 2. The van der Waals surface area contributed by atoms with E-state index in [0.29, 0.717) is 5.69 Å². The molecule has 9 heteroatoms. The minimum absolute atomic E-state index is 0.184. The third kappa shape index (κ3) is 3.81. The van der Waals surface area contributed by atoms with Crippen LogP contribution in [0.3, 0.4) is 0 Å². The first kappa shape index (κ1) is 13.1. The van der Waals surface area contributed by atoms with Crippen molar-refractivity contribution in [2.75, 3.05) is 6.61 Å².